The number of hydrogen-bond donors (Lipinski definition) is 3. The van der Waals surface area contributed by atoms with E-state index in [1.54, 1.807) is 24.3 Å². The second-order valence-electron chi connectivity index (χ2n) is 4.82. The number of aromatic hydroxyl groups is 1. The Bertz CT molecular complexity index is 567. The molecule has 0 saturated carbocycles. The summed E-state index contributed by atoms with van der Waals surface area (Å²) in [4.78, 5) is 11.4. The lowest BCUT2D eigenvalue weighted by molar-refractivity contribution is -0.119. The molecule has 0 bridgehead atoms. The van der Waals surface area contributed by atoms with E-state index in [1.807, 2.05) is 30.3 Å². The number of carbonyl (C=O) groups excluding carboxylic acids is 1. The molecule has 2 atom stereocenters. The fourth-order valence-electron chi connectivity index (χ4n) is 2.24. The Hall–Kier alpha value is -2.33. The Morgan fingerprint density at radius 3 is 2.20 bits per heavy atom. The zero-order chi connectivity index (χ0) is 14.5. The number of primary amides is 1. The monoisotopic (exact) mass is 270 g/mol. The molecule has 0 saturated heterocycles. The normalized spacial score (nSPS) is 13.7. The third-order valence-electron chi connectivity index (χ3n) is 3.38. The van der Waals surface area contributed by atoms with Crippen molar-refractivity contribution in [3.63, 3.8) is 0 Å². The molecular weight excluding hydrogens is 252 g/mol. The largest absolute Gasteiger partial charge is 0.508 e. The van der Waals surface area contributed by atoms with Crippen molar-refractivity contribution < 1.29 is 9.90 Å². The van der Waals surface area contributed by atoms with E-state index in [1.165, 1.54) is 0 Å². The van der Waals surface area contributed by atoms with Gasteiger partial charge in [-0.1, -0.05) is 42.5 Å². The van der Waals surface area contributed by atoms with Crippen LogP contribution in [-0.4, -0.2) is 17.1 Å². The molecule has 2 aromatic carbocycles. The van der Waals surface area contributed by atoms with E-state index in [0.717, 1.165) is 11.1 Å². The molecule has 1 amide bonds. The van der Waals surface area contributed by atoms with Gasteiger partial charge in [-0.3, -0.25) is 4.79 Å². The van der Waals surface area contributed by atoms with Crippen LogP contribution in [0.5, 0.6) is 5.75 Å². The summed E-state index contributed by atoms with van der Waals surface area (Å²) in [6.45, 7) is 0. The first kappa shape index (κ1) is 14.1. The summed E-state index contributed by atoms with van der Waals surface area (Å²) in [5, 5.41) is 9.35. The highest BCUT2D eigenvalue weighted by molar-refractivity contribution is 5.80. The molecule has 4 nitrogen and oxygen atoms in total. The van der Waals surface area contributed by atoms with Crippen LogP contribution in [0.25, 0.3) is 0 Å². The summed E-state index contributed by atoms with van der Waals surface area (Å²) < 4.78 is 0. The topological polar surface area (TPSA) is 89.3 Å². The van der Waals surface area contributed by atoms with Crippen LogP contribution in [0.1, 0.15) is 17.0 Å². The fourth-order valence-corrected chi connectivity index (χ4v) is 2.24. The summed E-state index contributed by atoms with van der Waals surface area (Å²) in [5.41, 5.74) is 13.3. The molecule has 0 aromatic heterocycles. The number of amides is 1. The van der Waals surface area contributed by atoms with Gasteiger partial charge in [0.1, 0.15) is 5.75 Å². The third-order valence-corrected chi connectivity index (χ3v) is 3.38. The van der Waals surface area contributed by atoms with Gasteiger partial charge in [-0.05, 0) is 29.7 Å². The van der Waals surface area contributed by atoms with E-state index in [0.29, 0.717) is 6.42 Å². The molecule has 2 unspecified atom stereocenters. The summed E-state index contributed by atoms with van der Waals surface area (Å²) in [6.07, 6.45) is 0.621. The Morgan fingerprint density at radius 2 is 1.65 bits per heavy atom. The molecular formula is C16H18N2O2. The van der Waals surface area contributed by atoms with Gasteiger partial charge >= 0.3 is 0 Å². The predicted molar refractivity (Wildman–Crippen MR) is 78.2 cm³/mol. The van der Waals surface area contributed by atoms with Crippen LogP contribution in [-0.2, 0) is 11.2 Å². The van der Waals surface area contributed by atoms with Gasteiger partial charge in [0.2, 0.25) is 5.91 Å². The Balaban J connectivity index is 2.29. The first-order valence-electron chi connectivity index (χ1n) is 6.45. The van der Waals surface area contributed by atoms with Crippen molar-refractivity contribution in [2.45, 2.75) is 18.4 Å². The van der Waals surface area contributed by atoms with Crippen LogP contribution in [0.3, 0.4) is 0 Å². The molecule has 0 aliphatic heterocycles. The maximum absolute atomic E-state index is 11.4. The van der Waals surface area contributed by atoms with Gasteiger partial charge in [0.15, 0.2) is 0 Å². The Kier molecular flexibility index (Phi) is 4.38. The molecule has 2 rings (SSSR count). The maximum atomic E-state index is 11.4. The average molecular weight is 270 g/mol. The van der Waals surface area contributed by atoms with E-state index in [9.17, 15) is 9.90 Å². The van der Waals surface area contributed by atoms with Crippen molar-refractivity contribution in [3.8, 4) is 5.75 Å². The zero-order valence-corrected chi connectivity index (χ0v) is 11.1. The summed E-state index contributed by atoms with van der Waals surface area (Å²) >= 11 is 0. The van der Waals surface area contributed by atoms with Crippen LogP contribution < -0.4 is 11.5 Å². The van der Waals surface area contributed by atoms with E-state index in [2.05, 4.69) is 0 Å². The number of phenolic OH excluding ortho intramolecular Hbond substituents is 1. The molecule has 0 aliphatic carbocycles. The average Bonchev–Trinajstić information content (AvgIpc) is 2.46. The van der Waals surface area contributed by atoms with Crippen molar-refractivity contribution in [2.24, 2.45) is 11.5 Å². The number of nitrogens with two attached hydrogens (primary N) is 2. The van der Waals surface area contributed by atoms with Gasteiger partial charge < -0.3 is 16.6 Å². The summed E-state index contributed by atoms with van der Waals surface area (Å²) in [7, 11) is 0. The Morgan fingerprint density at radius 1 is 1.05 bits per heavy atom. The van der Waals surface area contributed by atoms with Gasteiger partial charge in [0, 0.05) is 5.92 Å². The second kappa shape index (κ2) is 6.21. The van der Waals surface area contributed by atoms with Crippen molar-refractivity contribution >= 4 is 5.91 Å². The van der Waals surface area contributed by atoms with Gasteiger partial charge in [-0.25, -0.2) is 0 Å². The highest BCUT2D eigenvalue weighted by Gasteiger charge is 2.24. The molecule has 0 aliphatic rings. The number of hydrogen-bond acceptors (Lipinski definition) is 3. The lowest BCUT2D eigenvalue weighted by Crippen LogP contribution is -2.42. The minimum absolute atomic E-state index is 0.180. The van der Waals surface area contributed by atoms with Crippen molar-refractivity contribution in [2.75, 3.05) is 0 Å². The van der Waals surface area contributed by atoms with E-state index >= 15 is 0 Å². The molecule has 20 heavy (non-hydrogen) atoms. The quantitative estimate of drug-likeness (QED) is 0.769. The minimum atomic E-state index is -0.764. The highest BCUT2D eigenvalue weighted by Crippen LogP contribution is 2.25. The molecule has 0 heterocycles. The van der Waals surface area contributed by atoms with Gasteiger partial charge in [0.25, 0.3) is 0 Å². The number of phenols is 1. The first-order chi connectivity index (χ1) is 9.58. The van der Waals surface area contributed by atoms with Gasteiger partial charge in [-0.2, -0.15) is 0 Å². The standard InChI is InChI=1S/C16H18N2O2/c17-15(16(18)20)14(10-11-4-2-1-3-5-11)12-6-8-13(19)9-7-12/h1-9,14-15,19H,10,17H2,(H2,18,20). The summed E-state index contributed by atoms with van der Waals surface area (Å²) in [5.74, 6) is -0.561. The van der Waals surface area contributed by atoms with E-state index < -0.39 is 11.9 Å². The van der Waals surface area contributed by atoms with Gasteiger partial charge in [0.05, 0.1) is 6.04 Å². The molecule has 104 valence electrons. The molecule has 0 spiro atoms. The van der Waals surface area contributed by atoms with E-state index in [-0.39, 0.29) is 11.7 Å². The number of carbonyl (C=O) groups is 1. The van der Waals surface area contributed by atoms with Crippen molar-refractivity contribution in [1.82, 2.24) is 0 Å². The highest BCUT2D eigenvalue weighted by atomic mass is 16.3. The van der Waals surface area contributed by atoms with Gasteiger partial charge in [-0.15, -0.1) is 0 Å². The van der Waals surface area contributed by atoms with Crippen LogP contribution >= 0.6 is 0 Å². The molecule has 5 N–H and O–H groups in total. The van der Waals surface area contributed by atoms with Crippen LogP contribution in [0.2, 0.25) is 0 Å². The molecule has 0 fully saturated rings. The van der Waals surface area contributed by atoms with Crippen LogP contribution in [0.15, 0.2) is 54.6 Å². The van der Waals surface area contributed by atoms with Crippen LogP contribution in [0, 0.1) is 0 Å². The van der Waals surface area contributed by atoms with Crippen molar-refractivity contribution in [1.29, 1.82) is 0 Å². The zero-order valence-electron chi connectivity index (χ0n) is 11.1. The second-order valence-corrected chi connectivity index (χ2v) is 4.82. The smallest absolute Gasteiger partial charge is 0.234 e. The fraction of sp³-hybridized carbons (Fsp3) is 0.188. The maximum Gasteiger partial charge on any atom is 0.234 e. The predicted octanol–water partition coefficient (Wildman–Crippen LogP) is 1.53. The van der Waals surface area contributed by atoms with E-state index in [4.69, 9.17) is 11.5 Å². The summed E-state index contributed by atoms with van der Waals surface area (Å²) in [6, 6.07) is 15.7. The lowest BCUT2D eigenvalue weighted by atomic mass is 9.86. The SMILES string of the molecule is NC(=O)C(N)C(Cc1ccccc1)c1ccc(O)cc1. The first-order valence-corrected chi connectivity index (χ1v) is 6.45. The minimum Gasteiger partial charge on any atom is -0.508 e. The number of rotatable bonds is 5. The number of benzene rings is 2. The third kappa shape index (κ3) is 3.36. The Labute approximate surface area is 118 Å². The molecule has 4 heteroatoms. The van der Waals surface area contributed by atoms with Crippen LogP contribution in [0.4, 0.5) is 0 Å². The molecule has 2 aromatic rings. The molecule has 0 radical (unpaired) electrons. The van der Waals surface area contributed by atoms with Crippen molar-refractivity contribution in [3.05, 3.63) is 65.7 Å². The lowest BCUT2D eigenvalue weighted by Gasteiger charge is -2.22.